The summed E-state index contributed by atoms with van der Waals surface area (Å²) in [7, 11) is 0. The molecule has 24 heavy (non-hydrogen) atoms. The van der Waals surface area contributed by atoms with Crippen molar-refractivity contribution in [1.29, 1.82) is 0 Å². The quantitative estimate of drug-likeness (QED) is 0.608. The molecule has 130 valence electrons. The van der Waals surface area contributed by atoms with Crippen molar-refractivity contribution in [2.75, 3.05) is 6.61 Å². The third-order valence-electron chi connectivity index (χ3n) is 4.68. The van der Waals surface area contributed by atoms with Gasteiger partial charge in [-0.15, -0.1) is 0 Å². The molecule has 2 rings (SSSR count). The van der Waals surface area contributed by atoms with E-state index < -0.39 is 5.97 Å². The average Bonchev–Trinajstić information content (AvgIpc) is 2.56. The Balaban J connectivity index is 1.74. The molecule has 1 aromatic carbocycles. The second kappa shape index (κ2) is 9.02. The minimum absolute atomic E-state index is 0.179. The summed E-state index contributed by atoms with van der Waals surface area (Å²) in [6, 6.07) is 7.73. The van der Waals surface area contributed by atoms with Gasteiger partial charge in [0.25, 0.3) is 5.91 Å². The molecule has 1 aromatic rings. The van der Waals surface area contributed by atoms with Gasteiger partial charge in [-0.25, -0.2) is 4.79 Å². The van der Waals surface area contributed by atoms with Gasteiger partial charge in [-0.2, -0.15) is 0 Å². The van der Waals surface area contributed by atoms with Crippen molar-refractivity contribution in [1.82, 2.24) is 5.32 Å². The van der Waals surface area contributed by atoms with Crippen molar-refractivity contribution in [2.45, 2.75) is 39.2 Å². The molecule has 0 radical (unpaired) electrons. The van der Waals surface area contributed by atoms with Crippen LogP contribution in [0.1, 0.15) is 38.7 Å². The van der Waals surface area contributed by atoms with Crippen molar-refractivity contribution in [2.24, 2.45) is 11.8 Å². The summed E-state index contributed by atoms with van der Waals surface area (Å²) in [5.41, 5.74) is 0.893. The van der Waals surface area contributed by atoms with E-state index in [1.807, 2.05) is 24.3 Å². The van der Waals surface area contributed by atoms with Gasteiger partial charge in [-0.05, 0) is 42.0 Å². The Bertz CT molecular complexity index is 597. The summed E-state index contributed by atoms with van der Waals surface area (Å²) in [4.78, 5) is 23.7. The van der Waals surface area contributed by atoms with Crippen LogP contribution in [0.3, 0.4) is 0 Å². The zero-order valence-corrected chi connectivity index (χ0v) is 15.7. The van der Waals surface area contributed by atoms with Crippen LogP contribution in [0, 0.1) is 11.8 Å². The van der Waals surface area contributed by atoms with E-state index in [1.54, 1.807) is 6.08 Å². The van der Waals surface area contributed by atoms with Crippen molar-refractivity contribution in [3.8, 4) is 0 Å². The molecular weight excluding hydrogens is 370 g/mol. The lowest BCUT2D eigenvalue weighted by Gasteiger charge is -2.34. The van der Waals surface area contributed by atoms with E-state index in [-0.39, 0.29) is 18.6 Å². The van der Waals surface area contributed by atoms with E-state index in [0.29, 0.717) is 11.8 Å². The van der Waals surface area contributed by atoms with E-state index in [2.05, 4.69) is 35.1 Å². The number of nitrogens with one attached hydrogen (secondary N) is 1. The second-order valence-electron chi connectivity index (χ2n) is 6.43. The molecule has 5 heteroatoms. The second-order valence-corrected chi connectivity index (χ2v) is 7.35. The van der Waals surface area contributed by atoms with Crippen LogP contribution in [0.25, 0.3) is 6.08 Å². The molecule has 0 aliphatic heterocycles. The molecule has 1 fully saturated rings. The maximum Gasteiger partial charge on any atom is 0.331 e. The lowest BCUT2D eigenvalue weighted by Crippen LogP contribution is -2.45. The standard InChI is InChI=1S/C19H24BrNO3/c1-13-4-3-5-17(14(13)2)21-18(22)12-24-19(23)11-8-15-6-9-16(20)10-7-15/h6-11,13-14,17H,3-5,12H2,1-2H3,(H,21,22)/b11-8+/t13-,14+,17+/m0/s1. The monoisotopic (exact) mass is 393 g/mol. The van der Waals surface area contributed by atoms with Gasteiger partial charge in [0.2, 0.25) is 0 Å². The Morgan fingerprint density at radius 2 is 1.96 bits per heavy atom. The zero-order valence-electron chi connectivity index (χ0n) is 14.1. The summed E-state index contributed by atoms with van der Waals surface area (Å²) in [5, 5.41) is 2.99. The molecule has 1 aliphatic carbocycles. The molecule has 0 aromatic heterocycles. The number of rotatable bonds is 5. The molecule has 1 saturated carbocycles. The molecular formula is C19H24BrNO3. The summed E-state index contributed by atoms with van der Waals surface area (Å²) >= 11 is 3.35. The van der Waals surface area contributed by atoms with Gasteiger partial charge in [0.05, 0.1) is 0 Å². The predicted molar refractivity (Wildman–Crippen MR) is 98.2 cm³/mol. The minimum atomic E-state index is -0.516. The van der Waals surface area contributed by atoms with Gasteiger partial charge in [0.15, 0.2) is 6.61 Å². The van der Waals surface area contributed by atoms with Gasteiger partial charge in [-0.3, -0.25) is 4.79 Å². The number of esters is 1. The van der Waals surface area contributed by atoms with Crippen LogP contribution >= 0.6 is 15.9 Å². The fraction of sp³-hybridized carbons (Fsp3) is 0.474. The maximum absolute atomic E-state index is 12.0. The first-order valence-corrected chi connectivity index (χ1v) is 9.15. The third kappa shape index (κ3) is 5.78. The fourth-order valence-corrected chi connectivity index (χ4v) is 3.22. The van der Waals surface area contributed by atoms with E-state index in [4.69, 9.17) is 4.74 Å². The maximum atomic E-state index is 12.0. The Morgan fingerprint density at radius 3 is 2.67 bits per heavy atom. The molecule has 0 heterocycles. The minimum Gasteiger partial charge on any atom is -0.452 e. The SMILES string of the molecule is C[C@@H]1[C@@H](C)CCC[C@H]1NC(=O)COC(=O)/C=C/c1ccc(Br)cc1. The number of benzene rings is 1. The largest absolute Gasteiger partial charge is 0.452 e. The third-order valence-corrected chi connectivity index (χ3v) is 5.21. The number of amides is 1. The summed E-state index contributed by atoms with van der Waals surface area (Å²) in [6.07, 6.45) is 6.34. The predicted octanol–water partition coefficient (Wildman–Crippen LogP) is 3.95. The number of hydrogen-bond donors (Lipinski definition) is 1. The van der Waals surface area contributed by atoms with Crippen molar-refractivity contribution in [3.05, 3.63) is 40.4 Å². The summed E-state index contributed by atoms with van der Waals surface area (Å²) < 4.78 is 5.98. The number of halogens is 1. The van der Waals surface area contributed by atoms with Crippen LogP contribution in [0.2, 0.25) is 0 Å². The van der Waals surface area contributed by atoms with Crippen molar-refractivity contribution in [3.63, 3.8) is 0 Å². The zero-order chi connectivity index (χ0) is 17.5. The number of carbonyl (C=O) groups excluding carboxylic acids is 2. The topological polar surface area (TPSA) is 55.4 Å². The highest BCUT2D eigenvalue weighted by Gasteiger charge is 2.28. The van der Waals surface area contributed by atoms with E-state index in [9.17, 15) is 9.59 Å². The van der Waals surface area contributed by atoms with Gasteiger partial charge in [0.1, 0.15) is 0 Å². The Kier molecular flexibility index (Phi) is 7.03. The van der Waals surface area contributed by atoms with Crippen LogP contribution in [0.15, 0.2) is 34.8 Å². The van der Waals surface area contributed by atoms with Crippen LogP contribution in [-0.4, -0.2) is 24.5 Å². The van der Waals surface area contributed by atoms with Crippen LogP contribution in [0.4, 0.5) is 0 Å². The van der Waals surface area contributed by atoms with E-state index >= 15 is 0 Å². The Morgan fingerprint density at radius 1 is 1.25 bits per heavy atom. The molecule has 1 aliphatic rings. The normalized spacial score (nSPS) is 23.9. The molecule has 0 unspecified atom stereocenters. The van der Waals surface area contributed by atoms with Crippen LogP contribution < -0.4 is 5.32 Å². The fourth-order valence-electron chi connectivity index (χ4n) is 2.96. The Labute approximate surface area is 151 Å². The molecule has 3 atom stereocenters. The van der Waals surface area contributed by atoms with Gasteiger partial charge in [0, 0.05) is 16.6 Å². The number of carbonyl (C=O) groups is 2. The van der Waals surface area contributed by atoms with Crippen LogP contribution in [-0.2, 0) is 14.3 Å². The molecule has 0 spiro atoms. The molecule has 0 saturated heterocycles. The average molecular weight is 394 g/mol. The van der Waals surface area contributed by atoms with E-state index in [0.717, 1.165) is 22.9 Å². The first-order valence-electron chi connectivity index (χ1n) is 8.35. The molecule has 1 amide bonds. The number of hydrogen-bond acceptors (Lipinski definition) is 3. The highest BCUT2D eigenvalue weighted by Crippen LogP contribution is 2.29. The molecule has 4 nitrogen and oxygen atoms in total. The molecule has 0 bridgehead atoms. The first kappa shape index (κ1) is 18.7. The Hall–Kier alpha value is -1.62. The van der Waals surface area contributed by atoms with Crippen molar-refractivity contribution >= 4 is 33.9 Å². The molecule has 1 N–H and O–H groups in total. The van der Waals surface area contributed by atoms with Crippen LogP contribution in [0.5, 0.6) is 0 Å². The van der Waals surface area contributed by atoms with Crippen molar-refractivity contribution < 1.29 is 14.3 Å². The van der Waals surface area contributed by atoms with Gasteiger partial charge >= 0.3 is 5.97 Å². The summed E-state index contributed by atoms with van der Waals surface area (Å²) in [5.74, 6) is 0.320. The highest BCUT2D eigenvalue weighted by molar-refractivity contribution is 9.10. The number of ether oxygens (including phenoxy) is 1. The van der Waals surface area contributed by atoms with Gasteiger partial charge < -0.3 is 10.1 Å². The highest BCUT2D eigenvalue weighted by atomic mass is 79.9. The van der Waals surface area contributed by atoms with Gasteiger partial charge in [-0.1, -0.05) is 54.8 Å². The lowest BCUT2D eigenvalue weighted by molar-refractivity contribution is -0.144. The smallest absolute Gasteiger partial charge is 0.331 e. The first-order chi connectivity index (χ1) is 11.5. The lowest BCUT2D eigenvalue weighted by atomic mass is 9.78. The van der Waals surface area contributed by atoms with E-state index in [1.165, 1.54) is 12.5 Å². The summed E-state index contributed by atoms with van der Waals surface area (Å²) in [6.45, 7) is 4.15.